The summed E-state index contributed by atoms with van der Waals surface area (Å²) in [5.41, 5.74) is 0.627. The quantitative estimate of drug-likeness (QED) is 0.300. The van der Waals surface area contributed by atoms with Crippen LogP contribution in [0.4, 0.5) is 13.2 Å². The predicted octanol–water partition coefficient (Wildman–Crippen LogP) is 6.10. The number of hydrogen-bond acceptors (Lipinski definition) is 3. The lowest BCUT2D eigenvalue weighted by Gasteiger charge is -2.16. The molecule has 0 radical (unpaired) electrons. The van der Waals surface area contributed by atoms with Crippen LogP contribution in [0.25, 0.3) is 22.8 Å². The summed E-state index contributed by atoms with van der Waals surface area (Å²) >= 11 is 3.44. The molecule has 0 aliphatic heterocycles. The van der Waals surface area contributed by atoms with Crippen LogP contribution in [0, 0.1) is 17.5 Å². The maximum Gasteiger partial charge on any atom is 0.168 e. The Bertz CT molecular complexity index is 1000. The molecule has 1 aromatic carbocycles. The molecule has 0 spiro atoms. The Morgan fingerprint density at radius 1 is 1.10 bits per heavy atom. The van der Waals surface area contributed by atoms with Crippen LogP contribution in [0.5, 0.6) is 0 Å². The summed E-state index contributed by atoms with van der Waals surface area (Å²) in [6, 6.07) is 7.64. The third-order valence-electron chi connectivity index (χ3n) is 4.29. The van der Waals surface area contributed by atoms with Gasteiger partial charge in [0.15, 0.2) is 17.5 Å². The van der Waals surface area contributed by atoms with Gasteiger partial charge in [-0.1, -0.05) is 25.7 Å². The fourth-order valence-electron chi connectivity index (χ4n) is 2.65. The lowest BCUT2D eigenvalue weighted by molar-refractivity contribution is 0.0869. The maximum absolute atomic E-state index is 14.4. The van der Waals surface area contributed by atoms with Gasteiger partial charge in [0, 0.05) is 20.2 Å². The van der Waals surface area contributed by atoms with Gasteiger partial charge in [0.1, 0.15) is 28.5 Å². The van der Waals surface area contributed by atoms with Crippen LogP contribution in [0.3, 0.4) is 0 Å². The largest absolute Gasteiger partial charge is 0.361 e. The molecule has 0 N–H and O–H groups in total. The van der Waals surface area contributed by atoms with E-state index < -0.39 is 25.5 Å². The summed E-state index contributed by atoms with van der Waals surface area (Å²) in [7, 11) is -1.26. The second kappa shape index (κ2) is 8.81. The van der Waals surface area contributed by atoms with Gasteiger partial charge in [-0.3, -0.25) is 4.57 Å². The number of hydrogen-bond donors (Lipinski definition) is 0. The van der Waals surface area contributed by atoms with E-state index in [-0.39, 0.29) is 18.0 Å². The summed E-state index contributed by atoms with van der Waals surface area (Å²) in [6.45, 7) is 7.47. The van der Waals surface area contributed by atoms with Crippen LogP contribution < -0.4 is 0 Å². The van der Waals surface area contributed by atoms with Crippen molar-refractivity contribution in [2.24, 2.45) is 0 Å². The zero-order valence-electron chi connectivity index (χ0n) is 16.3. The fraction of sp³-hybridized carbons (Fsp3) is 0.300. The van der Waals surface area contributed by atoms with E-state index in [1.54, 1.807) is 4.57 Å². The zero-order valence-corrected chi connectivity index (χ0v) is 18.9. The first kappa shape index (κ1) is 21.7. The Morgan fingerprint density at radius 3 is 2.52 bits per heavy atom. The maximum atomic E-state index is 14.4. The molecule has 3 rings (SSSR count). The summed E-state index contributed by atoms with van der Waals surface area (Å²) in [5.74, 6) is -2.06. The second-order valence-electron chi connectivity index (χ2n) is 7.81. The highest BCUT2D eigenvalue weighted by molar-refractivity contribution is 9.10. The van der Waals surface area contributed by atoms with Gasteiger partial charge in [0.05, 0.1) is 6.20 Å². The van der Waals surface area contributed by atoms with Crippen LogP contribution in [-0.2, 0) is 11.5 Å². The van der Waals surface area contributed by atoms with Gasteiger partial charge in [0.2, 0.25) is 0 Å². The molecule has 29 heavy (non-hydrogen) atoms. The minimum absolute atomic E-state index is 0.0149. The number of ether oxygens (including phenoxy) is 1. The van der Waals surface area contributed by atoms with Crippen LogP contribution in [-0.4, -0.2) is 29.2 Å². The monoisotopic (exact) mass is 483 g/mol. The van der Waals surface area contributed by atoms with E-state index in [0.29, 0.717) is 22.7 Å². The van der Waals surface area contributed by atoms with Gasteiger partial charge >= 0.3 is 0 Å². The molecular formula is C20H21BrF3N3OSi. The molecule has 0 saturated carbocycles. The number of rotatable bonds is 7. The highest BCUT2D eigenvalue weighted by Gasteiger charge is 2.22. The molecule has 2 heterocycles. The van der Waals surface area contributed by atoms with E-state index in [2.05, 4.69) is 45.5 Å². The second-order valence-corrected chi connectivity index (χ2v) is 14.2. The Balaban J connectivity index is 2.01. The van der Waals surface area contributed by atoms with Crippen molar-refractivity contribution < 1.29 is 17.9 Å². The minimum atomic E-state index is -1.26. The first-order valence-corrected chi connectivity index (χ1v) is 13.6. The molecule has 9 heteroatoms. The molecule has 0 atom stereocenters. The molecule has 0 amide bonds. The molecule has 154 valence electrons. The van der Waals surface area contributed by atoms with Crippen molar-refractivity contribution in [1.29, 1.82) is 0 Å². The van der Waals surface area contributed by atoms with Crippen molar-refractivity contribution in [1.82, 2.24) is 14.5 Å². The average molecular weight is 484 g/mol. The molecule has 3 aromatic rings. The number of halogens is 4. The SMILES string of the molecule is C[Si](C)(C)CCOCn1c(-c2ccc(F)cn2)nc(-c2cccc(F)c2F)c1Br. The average Bonchev–Trinajstić information content (AvgIpc) is 2.97. The summed E-state index contributed by atoms with van der Waals surface area (Å²) in [5, 5.41) is 0. The molecule has 0 saturated heterocycles. The first-order valence-electron chi connectivity index (χ1n) is 9.07. The van der Waals surface area contributed by atoms with Crippen molar-refractivity contribution >= 4 is 24.0 Å². The van der Waals surface area contributed by atoms with E-state index in [1.165, 1.54) is 24.3 Å². The number of pyridine rings is 1. The van der Waals surface area contributed by atoms with E-state index in [1.807, 2.05) is 0 Å². The van der Waals surface area contributed by atoms with Gasteiger partial charge in [-0.2, -0.15) is 0 Å². The van der Waals surface area contributed by atoms with Gasteiger partial charge < -0.3 is 4.74 Å². The third-order valence-corrected chi connectivity index (χ3v) is 6.79. The smallest absolute Gasteiger partial charge is 0.168 e. The topological polar surface area (TPSA) is 39.9 Å². The minimum Gasteiger partial charge on any atom is -0.361 e. The van der Waals surface area contributed by atoms with E-state index in [0.717, 1.165) is 18.3 Å². The van der Waals surface area contributed by atoms with Crippen molar-refractivity contribution in [2.75, 3.05) is 6.61 Å². The van der Waals surface area contributed by atoms with Crippen molar-refractivity contribution in [3.8, 4) is 22.8 Å². The van der Waals surface area contributed by atoms with Crippen molar-refractivity contribution in [3.05, 3.63) is 58.6 Å². The van der Waals surface area contributed by atoms with Crippen molar-refractivity contribution in [2.45, 2.75) is 32.4 Å². The van der Waals surface area contributed by atoms with E-state index in [4.69, 9.17) is 4.74 Å². The van der Waals surface area contributed by atoms with Crippen LogP contribution >= 0.6 is 15.9 Å². The normalized spacial score (nSPS) is 11.8. The summed E-state index contributed by atoms with van der Waals surface area (Å²) in [6.07, 6.45) is 1.08. The van der Waals surface area contributed by atoms with Gasteiger partial charge in [0.25, 0.3) is 0 Å². The Labute approximate surface area is 176 Å². The zero-order chi connectivity index (χ0) is 21.2. The standard InChI is InChI=1S/C20H21BrF3N3OSi/c1-29(2,3)10-9-28-12-27-19(21)18(14-5-4-6-15(23)17(14)24)26-20(27)16-8-7-13(22)11-25-16/h4-8,11H,9-10,12H2,1-3H3. The highest BCUT2D eigenvalue weighted by Crippen LogP contribution is 2.34. The number of benzene rings is 1. The molecule has 2 aromatic heterocycles. The predicted molar refractivity (Wildman–Crippen MR) is 113 cm³/mol. The van der Waals surface area contributed by atoms with Gasteiger partial charge in [-0.25, -0.2) is 23.1 Å². The number of nitrogens with zero attached hydrogens (tertiary/aromatic N) is 3. The molecule has 0 bridgehead atoms. The number of aromatic nitrogens is 3. The van der Waals surface area contributed by atoms with Crippen molar-refractivity contribution in [3.63, 3.8) is 0 Å². The lowest BCUT2D eigenvalue weighted by Crippen LogP contribution is -2.22. The lowest BCUT2D eigenvalue weighted by atomic mass is 10.1. The third kappa shape index (κ3) is 5.15. The van der Waals surface area contributed by atoms with Crippen LogP contribution in [0.2, 0.25) is 25.7 Å². The number of imidazole rings is 1. The van der Waals surface area contributed by atoms with Crippen LogP contribution in [0.1, 0.15) is 0 Å². The highest BCUT2D eigenvalue weighted by atomic mass is 79.9. The molecule has 0 unspecified atom stereocenters. The first-order chi connectivity index (χ1) is 13.7. The van der Waals surface area contributed by atoms with E-state index >= 15 is 0 Å². The summed E-state index contributed by atoms with van der Waals surface area (Å²) in [4.78, 5) is 8.53. The molecule has 0 fully saturated rings. The van der Waals surface area contributed by atoms with Gasteiger partial charge in [-0.05, 0) is 46.2 Å². The molecule has 4 nitrogen and oxygen atoms in total. The molecular weight excluding hydrogens is 463 g/mol. The summed E-state index contributed by atoms with van der Waals surface area (Å²) < 4.78 is 49.3. The van der Waals surface area contributed by atoms with E-state index in [9.17, 15) is 13.2 Å². The Kier molecular flexibility index (Phi) is 6.60. The van der Waals surface area contributed by atoms with Gasteiger partial charge in [-0.15, -0.1) is 0 Å². The fourth-order valence-corrected chi connectivity index (χ4v) is 3.98. The van der Waals surface area contributed by atoms with Crippen LogP contribution in [0.15, 0.2) is 41.1 Å². The Morgan fingerprint density at radius 2 is 1.86 bits per heavy atom. The molecule has 0 aliphatic carbocycles. The Hall–Kier alpha value is -1.97. The molecule has 0 aliphatic rings.